The van der Waals surface area contributed by atoms with E-state index in [-0.39, 0.29) is 0 Å². The number of halogens is 1. The first-order valence-corrected chi connectivity index (χ1v) is 5.16. The molecular weight excluding hydrogens is 253 g/mol. The maximum atomic E-state index is 5.18. The molecule has 1 aliphatic heterocycles. The molecule has 3 heteroatoms. The van der Waals surface area contributed by atoms with Gasteiger partial charge in [0.05, 0.1) is 6.61 Å². The zero-order valence-corrected chi connectivity index (χ0v) is 8.95. The second-order valence-corrected chi connectivity index (χ2v) is 4.36. The lowest BCUT2D eigenvalue weighted by molar-refractivity contribution is 0.138. The van der Waals surface area contributed by atoms with E-state index in [1.54, 1.807) is 0 Å². The molecule has 1 heterocycles. The molecule has 2 bridgehead atoms. The fraction of sp³-hybridized carbons (Fsp3) is 1.00. The lowest BCUT2D eigenvalue weighted by Crippen LogP contribution is -2.40. The standard InChI is InChI=1S/C8H14INO/c1-10-7-3-2-6(4-7)8(10)5-11-9/h6-8H,2-5H2,1H3. The van der Waals surface area contributed by atoms with Gasteiger partial charge in [0, 0.05) is 12.1 Å². The van der Waals surface area contributed by atoms with Gasteiger partial charge >= 0.3 is 0 Å². The highest BCUT2D eigenvalue weighted by molar-refractivity contribution is 14.1. The van der Waals surface area contributed by atoms with Gasteiger partial charge in [-0.3, -0.25) is 4.90 Å². The quantitative estimate of drug-likeness (QED) is 0.708. The predicted octanol–water partition coefficient (Wildman–Crippen LogP) is 1.84. The van der Waals surface area contributed by atoms with Gasteiger partial charge in [0.1, 0.15) is 23.0 Å². The summed E-state index contributed by atoms with van der Waals surface area (Å²) >= 11 is 2.00. The van der Waals surface area contributed by atoms with Crippen LogP contribution in [0.25, 0.3) is 0 Å². The molecule has 2 fully saturated rings. The monoisotopic (exact) mass is 267 g/mol. The summed E-state index contributed by atoms with van der Waals surface area (Å²) in [7, 11) is 2.24. The molecule has 1 saturated carbocycles. The van der Waals surface area contributed by atoms with Crippen LogP contribution in [-0.4, -0.2) is 30.6 Å². The molecule has 2 aliphatic rings. The molecule has 0 amide bonds. The van der Waals surface area contributed by atoms with Gasteiger partial charge in [-0.05, 0) is 32.2 Å². The SMILES string of the molecule is CN1C2CCC(C2)C1COI. The molecule has 64 valence electrons. The van der Waals surface area contributed by atoms with Crippen LogP contribution in [-0.2, 0) is 3.07 Å². The summed E-state index contributed by atoms with van der Waals surface area (Å²) in [6.07, 6.45) is 4.26. The van der Waals surface area contributed by atoms with Gasteiger partial charge in [-0.2, -0.15) is 0 Å². The fourth-order valence-corrected chi connectivity index (χ4v) is 3.00. The molecular formula is C8H14INO. The van der Waals surface area contributed by atoms with Crippen molar-refractivity contribution in [3.63, 3.8) is 0 Å². The normalized spacial score (nSPS) is 43.6. The first-order valence-electron chi connectivity index (χ1n) is 4.28. The van der Waals surface area contributed by atoms with Crippen LogP contribution in [0.2, 0.25) is 0 Å². The Kier molecular flexibility index (Phi) is 2.39. The van der Waals surface area contributed by atoms with Crippen molar-refractivity contribution in [2.75, 3.05) is 13.7 Å². The van der Waals surface area contributed by atoms with Crippen molar-refractivity contribution < 1.29 is 3.07 Å². The molecule has 3 atom stereocenters. The number of likely N-dealkylation sites (tertiary alicyclic amines) is 1. The molecule has 11 heavy (non-hydrogen) atoms. The van der Waals surface area contributed by atoms with Crippen LogP contribution in [0.5, 0.6) is 0 Å². The zero-order chi connectivity index (χ0) is 7.84. The van der Waals surface area contributed by atoms with Gasteiger partial charge in [0.25, 0.3) is 0 Å². The Morgan fingerprint density at radius 2 is 2.36 bits per heavy atom. The van der Waals surface area contributed by atoms with Crippen molar-refractivity contribution in [1.29, 1.82) is 0 Å². The number of likely N-dealkylation sites (N-methyl/N-ethyl adjacent to an activating group) is 1. The summed E-state index contributed by atoms with van der Waals surface area (Å²) in [5.74, 6) is 0.930. The van der Waals surface area contributed by atoms with E-state index in [4.69, 9.17) is 3.07 Å². The average Bonchev–Trinajstić information content (AvgIpc) is 2.54. The molecule has 0 N–H and O–H groups in total. The predicted molar refractivity (Wildman–Crippen MR) is 52.7 cm³/mol. The van der Waals surface area contributed by atoms with Crippen LogP contribution in [0.4, 0.5) is 0 Å². The highest BCUT2D eigenvalue weighted by Crippen LogP contribution is 2.41. The molecule has 0 spiro atoms. The van der Waals surface area contributed by atoms with Crippen LogP contribution < -0.4 is 0 Å². The Labute approximate surface area is 82.0 Å². The van der Waals surface area contributed by atoms with E-state index >= 15 is 0 Å². The molecule has 0 aromatic carbocycles. The molecule has 1 aliphatic carbocycles. The number of piperidine rings is 1. The second kappa shape index (κ2) is 3.18. The topological polar surface area (TPSA) is 12.5 Å². The largest absolute Gasteiger partial charge is 0.314 e. The minimum absolute atomic E-state index is 0.714. The summed E-state index contributed by atoms with van der Waals surface area (Å²) in [6.45, 7) is 0.915. The van der Waals surface area contributed by atoms with E-state index in [1.807, 2.05) is 23.0 Å². The van der Waals surface area contributed by atoms with Gasteiger partial charge in [-0.25, -0.2) is 0 Å². The summed E-state index contributed by atoms with van der Waals surface area (Å²) in [4.78, 5) is 2.51. The number of fused-ring (bicyclic) bond motifs is 2. The highest BCUT2D eigenvalue weighted by atomic mass is 127. The molecule has 2 rings (SSSR count). The van der Waals surface area contributed by atoms with E-state index in [0.717, 1.165) is 18.6 Å². The van der Waals surface area contributed by atoms with Crippen molar-refractivity contribution in [3.8, 4) is 0 Å². The minimum atomic E-state index is 0.714. The van der Waals surface area contributed by atoms with Crippen LogP contribution in [0.1, 0.15) is 19.3 Å². The first-order chi connectivity index (χ1) is 5.33. The highest BCUT2D eigenvalue weighted by Gasteiger charge is 2.43. The summed E-state index contributed by atoms with van der Waals surface area (Å²) in [5, 5.41) is 0. The number of rotatable bonds is 2. The molecule has 0 aromatic rings. The molecule has 0 radical (unpaired) electrons. The van der Waals surface area contributed by atoms with Gasteiger partial charge in [0.15, 0.2) is 0 Å². The fourth-order valence-electron chi connectivity index (χ4n) is 2.63. The molecule has 2 nitrogen and oxygen atoms in total. The number of hydrogen-bond acceptors (Lipinski definition) is 2. The first kappa shape index (κ1) is 8.26. The van der Waals surface area contributed by atoms with Gasteiger partial charge < -0.3 is 3.07 Å². The van der Waals surface area contributed by atoms with Crippen molar-refractivity contribution >= 4 is 23.0 Å². The molecule has 3 unspecified atom stereocenters. The third-order valence-corrected chi connectivity index (χ3v) is 3.68. The smallest absolute Gasteiger partial charge is 0.109 e. The maximum absolute atomic E-state index is 5.18. The van der Waals surface area contributed by atoms with Crippen molar-refractivity contribution in [2.24, 2.45) is 5.92 Å². The van der Waals surface area contributed by atoms with Gasteiger partial charge in [-0.1, -0.05) is 0 Å². The van der Waals surface area contributed by atoms with E-state index in [2.05, 4.69) is 11.9 Å². The second-order valence-electron chi connectivity index (χ2n) is 3.74. The van der Waals surface area contributed by atoms with Crippen LogP contribution in [0.15, 0.2) is 0 Å². The van der Waals surface area contributed by atoms with E-state index in [9.17, 15) is 0 Å². The summed E-state index contributed by atoms with van der Waals surface area (Å²) in [5.41, 5.74) is 0. The van der Waals surface area contributed by atoms with Crippen molar-refractivity contribution in [2.45, 2.75) is 31.3 Å². The molecule has 1 saturated heterocycles. The van der Waals surface area contributed by atoms with Gasteiger partial charge in [-0.15, -0.1) is 0 Å². The lowest BCUT2D eigenvalue weighted by atomic mass is 10.0. The Morgan fingerprint density at radius 3 is 2.91 bits per heavy atom. The third kappa shape index (κ3) is 1.31. The Morgan fingerprint density at radius 1 is 1.55 bits per heavy atom. The van der Waals surface area contributed by atoms with Crippen LogP contribution in [0, 0.1) is 5.92 Å². The van der Waals surface area contributed by atoms with Gasteiger partial charge in [0.2, 0.25) is 0 Å². The molecule has 0 aromatic heterocycles. The number of hydrogen-bond donors (Lipinski definition) is 0. The number of nitrogens with zero attached hydrogens (tertiary/aromatic N) is 1. The Hall–Kier alpha value is 0.650. The van der Waals surface area contributed by atoms with Crippen LogP contribution in [0.3, 0.4) is 0 Å². The van der Waals surface area contributed by atoms with Crippen molar-refractivity contribution in [3.05, 3.63) is 0 Å². The van der Waals surface area contributed by atoms with E-state index in [1.165, 1.54) is 19.3 Å². The van der Waals surface area contributed by atoms with Crippen LogP contribution >= 0.6 is 23.0 Å². The minimum Gasteiger partial charge on any atom is -0.314 e. The zero-order valence-electron chi connectivity index (χ0n) is 6.79. The third-order valence-electron chi connectivity index (χ3n) is 3.32. The Balaban J connectivity index is 2.00. The summed E-state index contributed by atoms with van der Waals surface area (Å²) < 4.78 is 5.18. The van der Waals surface area contributed by atoms with E-state index < -0.39 is 0 Å². The Bertz CT molecular complexity index is 151. The van der Waals surface area contributed by atoms with Crippen molar-refractivity contribution in [1.82, 2.24) is 4.90 Å². The summed E-state index contributed by atoms with van der Waals surface area (Å²) in [6, 6.07) is 1.59. The average molecular weight is 267 g/mol. The lowest BCUT2D eigenvalue weighted by Gasteiger charge is -2.30. The van der Waals surface area contributed by atoms with E-state index in [0.29, 0.717) is 6.04 Å². The maximum Gasteiger partial charge on any atom is 0.109 e.